The Hall–Kier alpha value is -2.18. The van der Waals surface area contributed by atoms with E-state index >= 15 is 0 Å². The van der Waals surface area contributed by atoms with Crippen LogP contribution in [0.25, 0.3) is 0 Å². The zero-order valence-corrected chi connectivity index (χ0v) is 12.8. The molecule has 1 atom stereocenters. The first-order valence-electron chi connectivity index (χ1n) is 7.13. The number of nitrogens with one attached hydrogen (secondary N) is 2. The Kier molecular flexibility index (Phi) is 4.22. The van der Waals surface area contributed by atoms with Gasteiger partial charge in [-0.25, -0.2) is 0 Å². The van der Waals surface area contributed by atoms with Crippen LogP contribution in [0.3, 0.4) is 0 Å². The molecule has 1 aromatic carbocycles. The average molecular weight is 315 g/mol. The van der Waals surface area contributed by atoms with Crippen molar-refractivity contribution in [1.29, 1.82) is 0 Å². The van der Waals surface area contributed by atoms with Crippen LogP contribution in [0.2, 0.25) is 0 Å². The Morgan fingerprint density at radius 2 is 2.18 bits per heavy atom. The monoisotopic (exact) mass is 315 g/mol. The van der Waals surface area contributed by atoms with Crippen LogP contribution in [0.15, 0.2) is 35.7 Å². The minimum Gasteiger partial charge on any atom is -0.366 e. The number of amides is 2. The summed E-state index contributed by atoms with van der Waals surface area (Å²) in [5.41, 5.74) is 8.13. The highest BCUT2D eigenvalue weighted by Gasteiger charge is 2.20. The summed E-state index contributed by atoms with van der Waals surface area (Å²) >= 11 is 1.22. The fraction of sp³-hybridized carbons (Fsp3) is 0.250. The Morgan fingerprint density at radius 3 is 2.95 bits per heavy atom. The van der Waals surface area contributed by atoms with Crippen LogP contribution < -0.4 is 16.4 Å². The van der Waals surface area contributed by atoms with E-state index in [-0.39, 0.29) is 11.9 Å². The van der Waals surface area contributed by atoms with Crippen LogP contribution in [0.4, 0.5) is 0 Å². The van der Waals surface area contributed by atoms with E-state index in [4.69, 9.17) is 5.73 Å². The van der Waals surface area contributed by atoms with E-state index in [2.05, 4.69) is 22.8 Å². The van der Waals surface area contributed by atoms with Crippen LogP contribution in [0.5, 0.6) is 0 Å². The fourth-order valence-electron chi connectivity index (χ4n) is 2.64. The Labute approximate surface area is 132 Å². The quantitative estimate of drug-likeness (QED) is 0.799. The van der Waals surface area contributed by atoms with Gasteiger partial charge in [-0.05, 0) is 30.2 Å². The van der Waals surface area contributed by atoms with Crippen molar-refractivity contribution in [2.45, 2.75) is 12.5 Å². The van der Waals surface area contributed by atoms with Gasteiger partial charge in [0.15, 0.2) is 0 Å². The van der Waals surface area contributed by atoms with Crippen molar-refractivity contribution in [2.24, 2.45) is 5.73 Å². The Balaban J connectivity index is 1.65. The second kappa shape index (κ2) is 6.29. The molecule has 1 aromatic heterocycles. The van der Waals surface area contributed by atoms with Gasteiger partial charge < -0.3 is 16.4 Å². The van der Waals surface area contributed by atoms with Gasteiger partial charge in [0.25, 0.3) is 5.91 Å². The van der Waals surface area contributed by atoms with Gasteiger partial charge in [0.2, 0.25) is 5.91 Å². The van der Waals surface area contributed by atoms with Gasteiger partial charge in [0.1, 0.15) is 0 Å². The molecule has 3 rings (SSSR count). The molecule has 114 valence electrons. The molecule has 0 spiro atoms. The van der Waals surface area contributed by atoms with Crippen molar-refractivity contribution in [3.8, 4) is 0 Å². The lowest BCUT2D eigenvalue weighted by atomic mass is 9.94. The third-order valence-electron chi connectivity index (χ3n) is 3.79. The number of hydrogen-bond acceptors (Lipinski definition) is 4. The standard InChI is InChI=1S/C16H17N3O2S/c17-15(20)11-7-14(22-9-11)16(21)19-8-13-12-4-2-1-3-10(12)5-6-18-13/h1-4,7,9,13,18H,5-6,8H2,(H2,17,20)(H,19,21). The second-order valence-electron chi connectivity index (χ2n) is 5.23. The largest absolute Gasteiger partial charge is 0.366 e. The first-order chi connectivity index (χ1) is 10.6. The number of rotatable bonds is 4. The van der Waals surface area contributed by atoms with E-state index < -0.39 is 5.91 Å². The Bertz CT molecular complexity index is 711. The molecule has 2 aromatic rings. The maximum absolute atomic E-state index is 12.2. The summed E-state index contributed by atoms with van der Waals surface area (Å²) in [7, 11) is 0. The number of hydrogen-bond donors (Lipinski definition) is 3. The molecule has 4 N–H and O–H groups in total. The molecule has 0 aliphatic carbocycles. The molecule has 0 bridgehead atoms. The van der Waals surface area contributed by atoms with Crippen LogP contribution in [0, 0.1) is 0 Å². The predicted molar refractivity (Wildman–Crippen MR) is 86.1 cm³/mol. The molecule has 22 heavy (non-hydrogen) atoms. The smallest absolute Gasteiger partial charge is 0.261 e. The predicted octanol–water partition coefficient (Wildman–Crippen LogP) is 1.46. The lowest BCUT2D eigenvalue weighted by Crippen LogP contribution is -2.38. The summed E-state index contributed by atoms with van der Waals surface area (Å²) in [5, 5.41) is 7.94. The van der Waals surface area contributed by atoms with Gasteiger partial charge in [-0.3, -0.25) is 9.59 Å². The van der Waals surface area contributed by atoms with E-state index in [1.165, 1.54) is 28.5 Å². The summed E-state index contributed by atoms with van der Waals surface area (Å²) < 4.78 is 0. The van der Waals surface area contributed by atoms with Crippen LogP contribution >= 0.6 is 11.3 Å². The van der Waals surface area contributed by atoms with Gasteiger partial charge >= 0.3 is 0 Å². The van der Waals surface area contributed by atoms with Gasteiger partial charge in [0, 0.05) is 18.0 Å². The molecule has 0 radical (unpaired) electrons. The lowest BCUT2D eigenvalue weighted by Gasteiger charge is -2.27. The number of thiophene rings is 1. The molecule has 6 heteroatoms. The zero-order chi connectivity index (χ0) is 15.5. The molecular weight excluding hydrogens is 298 g/mol. The number of carbonyl (C=O) groups is 2. The van der Waals surface area contributed by atoms with Gasteiger partial charge in [-0.2, -0.15) is 0 Å². The first-order valence-corrected chi connectivity index (χ1v) is 8.01. The van der Waals surface area contributed by atoms with Crippen molar-refractivity contribution < 1.29 is 9.59 Å². The topological polar surface area (TPSA) is 84.2 Å². The van der Waals surface area contributed by atoms with Gasteiger partial charge in [0.05, 0.1) is 10.4 Å². The molecule has 5 nitrogen and oxygen atoms in total. The molecule has 1 aliphatic rings. The third kappa shape index (κ3) is 3.03. The molecule has 1 unspecified atom stereocenters. The number of fused-ring (bicyclic) bond motifs is 1. The first kappa shape index (κ1) is 14.7. The Morgan fingerprint density at radius 1 is 1.36 bits per heavy atom. The van der Waals surface area contributed by atoms with Crippen LogP contribution in [-0.2, 0) is 6.42 Å². The van der Waals surface area contributed by atoms with Crippen LogP contribution in [-0.4, -0.2) is 24.9 Å². The highest BCUT2D eigenvalue weighted by molar-refractivity contribution is 7.12. The maximum atomic E-state index is 12.2. The molecule has 1 aliphatic heterocycles. The number of benzene rings is 1. The number of nitrogens with two attached hydrogens (primary N) is 1. The number of carbonyl (C=O) groups excluding carboxylic acids is 2. The molecule has 2 amide bonds. The summed E-state index contributed by atoms with van der Waals surface area (Å²) in [6, 6.07) is 9.92. The molecule has 0 fully saturated rings. The van der Waals surface area contributed by atoms with Crippen molar-refractivity contribution in [2.75, 3.05) is 13.1 Å². The highest BCUT2D eigenvalue weighted by atomic mass is 32.1. The molecule has 2 heterocycles. The normalized spacial score (nSPS) is 16.8. The average Bonchev–Trinajstić information content (AvgIpc) is 3.03. The van der Waals surface area contributed by atoms with Gasteiger partial charge in [-0.1, -0.05) is 24.3 Å². The van der Waals surface area contributed by atoms with E-state index in [1.807, 2.05) is 12.1 Å². The number of primary amides is 1. The van der Waals surface area contributed by atoms with Crippen LogP contribution in [0.1, 0.15) is 37.2 Å². The van der Waals surface area contributed by atoms with E-state index in [9.17, 15) is 9.59 Å². The minimum absolute atomic E-state index is 0.115. The maximum Gasteiger partial charge on any atom is 0.261 e. The second-order valence-corrected chi connectivity index (χ2v) is 6.14. The zero-order valence-electron chi connectivity index (χ0n) is 12.0. The fourth-order valence-corrected chi connectivity index (χ4v) is 3.45. The minimum atomic E-state index is -0.516. The van der Waals surface area contributed by atoms with E-state index in [0.29, 0.717) is 17.0 Å². The lowest BCUT2D eigenvalue weighted by molar-refractivity contribution is 0.0953. The van der Waals surface area contributed by atoms with E-state index in [0.717, 1.165) is 13.0 Å². The summed E-state index contributed by atoms with van der Waals surface area (Å²) in [6.45, 7) is 1.42. The SMILES string of the molecule is NC(=O)c1csc(C(=O)NCC2NCCc3ccccc32)c1. The van der Waals surface area contributed by atoms with Crippen molar-refractivity contribution in [3.05, 3.63) is 57.3 Å². The van der Waals surface area contributed by atoms with E-state index in [1.54, 1.807) is 5.38 Å². The summed E-state index contributed by atoms with van der Waals surface area (Å²) in [5.74, 6) is -0.694. The van der Waals surface area contributed by atoms with Crippen molar-refractivity contribution in [1.82, 2.24) is 10.6 Å². The molecular formula is C16H17N3O2S. The van der Waals surface area contributed by atoms with Crippen molar-refractivity contribution in [3.63, 3.8) is 0 Å². The van der Waals surface area contributed by atoms with Gasteiger partial charge in [-0.15, -0.1) is 11.3 Å². The van der Waals surface area contributed by atoms with Crippen molar-refractivity contribution >= 4 is 23.2 Å². The molecule has 0 saturated heterocycles. The summed E-state index contributed by atoms with van der Waals surface area (Å²) in [4.78, 5) is 23.7. The molecule has 0 saturated carbocycles. The third-order valence-corrected chi connectivity index (χ3v) is 4.72. The highest BCUT2D eigenvalue weighted by Crippen LogP contribution is 2.22. The summed E-state index contributed by atoms with van der Waals surface area (Å²) in [6.07, 6.45) is 1.01.